The molecule has 66 heavy (non-hydrogen) atoms. The van der Waals surface area contributed by atoms with Crippen LogP contribution in [-0.4, -0.2) is 52.4 Å². The van der Waals surface area contributed by atoms with E-state index < -0.39 is 0 Å². The number of aryl methyl sites for hydroxylation is 1. The van der Waals surface area contributed by atoms with E-state index in [0.717, 1.165) is 71.9 Å². The van der Waals surface area contributed by atoms with Crippen LogP contribution in [0.2, 0.25) is 0 Å². The molecule has 3 aromatic carbocycles. The topological polar surface area (TPSA) is 73.8 Å². The van der Waals surface area contributed by atoms with E-state index in [4.69, 9.17) is 37.9 Å². The molecule has 0 amide bonds. The summed E-state index contributed by atoms with van der Waals surface area (Å²) in [7, 11) is 3.37. The van der Waals surface area contributed by atoms with Crippen LogP contribution in [0.4, 0.5) is 0 Å². The van der Waals surface area contributed by atoms with Crippen molar-refractivity contribution in [1.29, 1.82) is 0 Å². The third-order valence-corrected chi connectivity index (χ3v) is 15.3. The number of ether oxygens (including phenoxy) is 8. The minimum atomic E-state index is -0.265. The van der Waals surface area contributed by atoms with E-state index in [1.165, 1.54) is 106 Å². The first-order valence-electron chi connectivity index (χ1n) is 26.1. The average Bonchev–Trinajstić information content (AvgIpc) is 3.32. The first kappa shape index (κ1) is 53.5. The van der Waals surface area contributed by atoms with Gasteiger partial charge in [0.1, 0.15) is 5.75 Å². The van der Waals surface area contributed by atoms with Gasteiger partial charge in [0.05, 0.1) is 26.4 Å². The van der Waals surface area contributed by atoms with Gasteiger partial charge >= 0.3 is 0 Å². The molecule has 3 aromatic rings. The second kappa shape index (κ2) is 26.9. The van der Waals surface area contributed by atoms with Gasteiger partial charge in [0.15, 0.2) is 42.4 Å². The van der Waals surface area contributed by atoms with Gasteiger partial charge in [-0.05, 0) is 186 Å². The summed E-state index contributed by atoms with van der Waals surface area (Å²) < 4.78 is 46.2. The molecule has 8 nitrogen and oxygen atoms in total. The Morgan fingerprint density at radius 2 is 1.03 bits per heavy atom. The third-order valence-electron chi connectivity index (χ3n) is 15.3. The van der Waals surface area contributed by atoms with Crippen LogP contribution in [0.1, 0.15) is 199 Å². The minimum absolute atomic E-state index is 0.0959. The summed E-state index contributed by atoms with van der Waals surface area (Å²) >= 11 is 0. The van der Waals surface area contributed by atoms with Crippen LogP contribution in [0.25, 0.3) is 0 Å². The lowest BCUT2D eigenvalue weighted by Crippen LogP contribution is -2.52. The van der Waals surface area contributed by atoms with Crippen molar-refractivity contribution in [2.24, 2.45) is 23.7 Å². The fraction of sp³-hybridized carbons (Fsp3) is 0.690. The number of methoxy groups -OCH3 is 2. The lowest BCUT2D eigenvalue weighted by atomic mass is 9.54. The van der Waals surface area contributed by atoms with E-state index in [1.807, 2.05) is 39.0 Å². The number of rotatable bonds is 22. The maximum absolute atomic E-state index is 6.37. The summed E-state index contributed by atoms with van der Waals surface area (Å²) in [6.45, 7) is 23.1. The Kier molecular flexibility index (Phi) is 21.8. The molecular formula is C58H90O8. The zero-order valence-corrected chi connectivity index (χ0v) is 43.4. The van der Waals surface area contributed by atoms with E-state index in [1.54, 1.807) is 14.2 Å². The molecule has 0 saturated heterocycles. The van der Waals surface area contributed by atoms with Crippen molar-refractivity contribution in [3.8, 4) is 28.7 Å². The van der Waals surface area contributed by atoms with Gasteiger partial charge in [-0.1, -0.05) is 97.9 Å². The minimum Gasteiger partial charge on any atom is -0.493 e. The van der Waals surface area contributed by atoms with Crippen molar-refractivity contribution in [2.75, 3.05) is 34.2 Å². The Morgan fingerprint density at radius 1 is 0.561 bits per heavy atom. The molecule has 370 valence electrons. The van der Waals surface area contributed by atoms with Crippen molar-refractivity contribution < 1.29 is 37.9 Å². The van der Waals surface area contributed by atoms with Crippen LogP contribution in [0.15, 0.2) is 54.6 Å². The van der Waals surface area contributed by atoms with E-state index in [2.05, 4.69) is 84.9 Å². The molecule has 0 aromatic heterocycles. The maximum Gasteiger partial charge on any atom is 0.197 e. The lowest BCUT2D eigenvalue weighted by molar-refractivity contribution is -0.190. The molecule has 0 heterocycles. The Bertz CT molecular complexity index is 1820. The molecule has 5 aliphatic carbocycles. The number of benzene rings is 3. The third kappa shape index (κ3) is 15.8. The monoisotopic (exact) mass is 915 g/mol. The molecule has 0 spiro atoms. The highest BCUT2D eigenvalue weighted by Gasteiger charge is 2.51. The molecule has 5 unspecified atom stereocenters. The van der Waals surface area contributed by atoms with Gasteiger partial charge in [0.25, 0.3) is 0 Å². The van der Waals surface area contributed by atoms with Gasteiger partial charge in [-0.2, -0.15) is 0 Å². The average molecular weight is 915 g/mol. The van der Waals surface area contributed by atoms with E-state index in [0.29, 0.717) is 31.2 Å². The van der Waals surface area contributed by atoms with Gasteiger partial charge in [0, 0.05) is 6.61 Å². The molecule has 5 fully saturated rings. The first-order chi connectivity index (χ1) is 31.8. The van der Waals surface area contributed by atoms with E-state index in [-0.39, 0.29) is 18.2 Å². The van der Waals surface area contributed by atoms with Crippen LogP contribution in [0.3, 0.4) is 0 Å². The molecule has 5 aliphatic rings. The fourth-order valence-corrected chi connectivity index (χ4v) is 11.0. The van der Waals surface area contributed by atoms with Crippen LogP contribution in [-0.2, 0) is 14.2 Å². The normalized spacial score (nSPS) is 23.2. The summed E-state index contributed by atoms with van der Waals surface area (Å²) in [5.74, 6) is 9.27. The van der Waals surface area contributed by atoms with Gasteiger partial charge in [-0.3, -0.25) is 0 Å². The van der Waals surface area contributed by atoms with Gasteiger partial charge < -0.3 is 37.9 Å². The molecule has 8 heteroatoms. The van der Waals surface area contributed by atoms with Crippen LogP contribution < -0.4 is 23.7 Å². The summed E-state index contributed by atoms with van der Waals surface area (Å²) in [6.07, 6.45) is 19.2. The molecule has 0 N–H and O–H groups in total. The van der Waals surface area contributed by atoms with Gasteiger partial charge in [0.2, 0.25) is 0 Å². The maximum atomic E-state index is 6.37. The zero-order valence-electron chi connectivity index (χ0n) is 43.4. The number of hydrogen-bond donors (Lipinski definition) is 0. The van der Waals surface area contributed by atoms with E-state index in [9.17, 15) is 0 Å². The van der Waals surface area contributed by atoms with Crippen molar-refractivity contribution in [2.45, 2.75) is 201 Å². The molecular weight excluding hydrogens is 825 g/mol. The lowest BCUT2D eigenvalue weighted by Gasteiger charge is -2.56. The largest absolute Gasteiger partial charge is 0.493 e. The van der Waals surface area contributed by atoms with Crippen LogP contribution >= 0.6 is 0 Å². The summed E-state index contributed by atoms with van der Waals surface area (Å²) in [6, 6.07) is 18.9. The highest BCUT2D eigenvalue weighted by molar-refractivity contribution is 5.45. The Hall–Kier alpha value is -3.46. The number of hydrogen-bond acceptors (Lipinski definition) is 8. The zero-order chi connectivity index (χ0) is 47.6. The van der Waals surface area contributed by atoms with Crippen LogP contribution in [0, 0.1) is 30.6 Å². The SMILES string of the molecule is CCC(C)c1ccc(OC(C)OCCC2CCCCC2)c(C)c1.CCC(C)c1ccc(OCOC23CC4CC(CC(C4)C2)C3)c(OC)c1.CCOC(C)Oc1ccc(C(C)CC)cc1OC. The standard InChI is InChI=1S/C22H32O3.C21H34O2.C15H24O3/c1-4-15(2)19-5-6-20(21(10-19)23-3)24-14-25-22-11-16-7-17(12-22)9-18(8-16)13-22;1-5-16(2)20-11-12-21(17(3)15-20)23-18(4)22-14-13-19-9-7-6-8-10-19;1-6-11(3)13-8-9-14(15(10-13)16-5)18-12(4)17-7-2/h5-6,10,15-18H,4,7-9,11-14H2,1-3H3;11-12,15-16,18-19H,5-10,13-14H2,1-4H3;8-12H,6-7H2,1-5H3. The fourth-order valence-electron chi connectivity index (χ4n) is 11.0. The van der Waals surface area contributed by atoms with Crippen molar-refractivity contribution in [3.63, 3.8) is 0 Å². The molecule has 5 saturated carbocycles. The predicted octanol–water partition coefficient (Wildman–Crippen LogP) is 15.7. The smallest absolute Gasteiger partial charge is 0.197 e. The molecule has 4 bridgehead atoms. The molecule has 5 atom stereocenters. The Balaban J connectivity index is 0.000000189. The summed E-state index contributed by atoms with van der Waals surface area (Å²) in [4.78, 5) is 0. The first-order valence-corrected chi connectivity index (χ1v) is 26.1. The van der Waals surface area contributed by atoms with Crippen molar-refractivity contribution >= 4 is 0 Å². The van der Waals surface area contributed by atoms with Crippen molar-refractivity contribution in [3.05, 3.63) is 76.9 Å². The second-order valence-corrected chi connectivity index (χ2v) is 20.3. The summed E-state index contributed by atoms with van der Waals surface area (Å²) in [5, 5.41) is 0. The Labute approximate surface area is 401 Å². The highest BCUT2D eigenvalue weighted by atomic mass is 16.7. The molecule has 0 radical (unpaired) electrons. The quantitative estimate of drug-likeness (QED) is 0.0923. The van der Waals surface area contributed by atoms with Gasteiger partial charge in [-0.15, -0.1) is 0 Å². The van der Waals surface area contributed by atoms with Gasteiger partial charge in [-0.25, -0.2) is 0 Å². The van der Waals surface area contributed by atoms with Crippen molar-refractivity contribution in [1.82, 2.24) is 0 Å². The second-order valence-electron chi connectivity index (χ2n) is 20.3. The highest BCUT2D eigenvalue weighted by Crippen LogP contribution is 2.57. The molecule has 0 aliphatic heterocycles. The predicted molar refractivity (Wildman–Crippen MR) is 270 cm³/mol. The Morgan fingerprint density at radius 3 is 1.53 bits per heavy atom. The van der Waals surface area contributed by atoms with E-state index >= 15 is 0 Å². The summed E-state index contributed by atoms with van der Waals surface area (Å²) in [5.41, 5.74) is 5.26. The van der Waals surface area contributed by atoms with Crippen LogP contribution in [0.5, 0.6) is 28.7 Å². The molecule has 8 rings (SSSR count).